The maximum Gasteiger partial charge on any atom is 0.410 e. The molecule has 3 aromatic rings. The molecule has 1 aliphatic rings. The summed E-state index contributed by atoms with van der Waals surface area (Å²) in [6.07, 6.45) is -3.69. The molecule has 10 heteroatoms. The molecule has 2 N–H and O–H groups in total. The first-order valence-electron chi connectivity index (χ1n) is 10.6. The number of benzene rings is 2. The van der Waals surface area contributed by atoms with Crippen LogP contribution in [0.4, 0.5) is 24.7 Å². The minimum atomic E-state index is -4.56. The van der Waals surface area contributed by atoms with E-state index in [1.165, 1.54) is 14.2 Å². The van der Waals surface area contributed by atoms with Gasteiger partial charge in [0.25, 0.3) is 5.91 Å². The fourth-order valence-corrected chi connectivity index (χ4v) is 4.26. The zero-order valence-corrected chi connectivity index (χ0v) is 19.2. The van der Waals surface area contributed by atoms with E-state index in [2.05, 4.69) is 15.7 Å². The number of nitrogens with zero attached hydrogens (tertiary/aromatic N) is 2. The molecule has 1 aromatic heterocycles. The van der Waals surface area contributed by atoms with Gasteiger partial charge in [0, 0.05) is 12.1 Å². The Bertz CT molecular complexity index is 1200. The van der Waals surface area contributed by atoms with Crippen molar-refractivity contribution in [3.05, 3.63) is 64.8 Å². The molecule has 0 radical (unpaired) electrons. The number of halogens is 3. The molecule has 2 heterocycles. The van der Waals surface area contributed by atoms with Crippen molar-refractivity contribution in [2.24, 2.45) is 0 Å². The van der Waals surface area contributed by atoms with Crippen LogP contribution in [0.15, 0.2) is 42.6 Å². The average Bonchev–Trinajstić information content (AvgIpc) is 3.20. The van der Waals surface area contributed by atoms with Crippen LogP contribution in [0.5, 0.6) is 11.5 Å². The molecule has 0 bridgehead atoms. The molecule has 1 aliphatic heterocycles. The third-order valence-corrected chi connectivity index (χ3v) is 5.77. The molecule has 4 rings (SSSR count). The van der Waals surface area contributed by atoms with E-state index in [1.807, 2.05) is 19.9 Å². The van der Waals surface area contributed by atoms with Crippen molar-refractivity contribution in [2.45, 2.75) is 38.5 Å². The maximum absolute atomic E-state index is 14.0. The Morgan fingerprint density at radius 3 is 2.38 bits per heavy atom. The molecule has 0 saturated heterocycles. The summed E-state index contributed by atoms with van der Waals surface area (Å²) in [5.41, 5.74) is 3.06. The lowest BCUT2D eigenvalue weighted by Gasteiger charge is -2.34. The first kappa shape index (κ1) is 23.5. The van der Waals surface area contributed by atoms with Gasteiger partial charge < -0.3 is 20.1 Å². The number of amides is 1. The number of hydrogen-bond acceptors (Lipinski definition) is 5. The highest BCUT2D eigenvalue weighted by Crippen LogP contribution is 2.45. The topological polar surface area (TPSA) is 77.4 Å². The van der Waals surface area contributed by atoms with E-state index in [0.717, 1.165) is 22.0 Å². The van der Waals surface area contributed by atoms with Crippen molar-refractivity contribution in [1.29, 1.82) is 0 Å². The number of ether oxygens (including phenoxy) is 2. The molecule has 1 amide bonds. The predicted octanol–water partition coefficient (Wildman–Crippen LogP) is 5.43. The SMILES string of the molecule is COc1ccc(C2CC(C(F)(F)F)n3ncc(C(=O)Nc4cc(C)cc(C)c4)c3N2)cc1OC. The van der Waals surface area contributed by atoms with Gasteiger partial charge in [-0.25, -0.2) is 4.68 Å². The molecule has 180 valence electrons. The van der Waals surface area contributed by atoms with E-state index < -0.39 is 24.2 Å². The summed E-state index contributed by atoms with van der Waals surface area (Å²) < 4.78 is 53.3. The van der Waals surface area contributed by atoms with Crippen LogP contribution in [0.2, 0.25) is 0 Å². The van der Waals surface area contributed by atoms with E-state index >= 15 is 0 Å². The summed E-state index contributed by atoms with van der Waals surface area (Å²) in [6, 6.07) is 7.85. The van der Waals surface area contributed by atoms with E-state index in [9.17, 15) is 18.0 Å². The summed E-state index contributed by atoms with van der Waals surface area (Å²) >= 11 is 0. The highest BCUT2D eigenvalue weighted by Gasteiger charge is 2.47. The third kappa shape index (κ3) is 4.52. The Kier molecular flexibility index (Phi) is 6.16. The molecule has 0 saturated carbocycles. The number of rotatable bonds is 5. The Balaban J connectivity index is 1.70. The Hall–Kier alpha value is -3.69. The Labute approximate surface area is 194 Å². The van der Waals surface area contributed by atoms with Crippen molar-refractivity contribution in [3.8, 4) is 11.5 Å². The minimum absolute atomic E-state index is 0.00948. The summed E-state index contributed by atoms with van der Waals surface area (Å²) in [6.45, 7) is 3.79. The normalized spacial score (nSPS) is 17.5. The summed E-state index contributed by atoms with van der Waals surface area (Å²) in [5.74, 6) is 0.327. The Morgan fingerprint density at radius 2 is 1.76 bits per heavy atom. The van der Waals surface area contributed by atoms with Crippen LogP contribution in [-0.2, 0) is 0 Å². The van der Waals surface area contributed by atoms with Crippen molar-refractivity contribution < 1.29 is 27.4 Å². The Morgan fingerprint density at radius 1 is 1.09 bits per heavy atom. The molecular weight excluding hydrogens is 449 g/mol. The monoisotopic (exact) mass is 474 g/mol. The smallest absolute Gasteiger partial charge is 0.410 e. The number of methoxy groups -OCH3 is 2. The summed E-state index contributed by atoms with van der Waals surface area (Å²) in [5, 5.41) is 9.77. The number of aryl methyl sites for hydroxylation is 2. The van der Waals surface area contributed by atoms with Crippen LogP contribution >= 0.6 is 0 Å². The van der Waals surface area contributed by atoms with Gasteiger partial charge in [-0.3, -0.25) is 4.79 Å². The second-order valence-electron chi connectivity index (χ2n) is 8.29. The van der Waals surface area contributed by atoms with Gasteiger partial charge in [-0.1, -0.05) is 12.1 Å². The zero-order chi connectivity index (χ0) is 24.6. The number of carbonyl (C=O) groups is 1. The quantitative estimate of drug-likeness (QED) is 0.516. The number of alkyl halides is 3. The van der Waals surface area contributed by atoms with E-state index in [0.29, 0.717) is 22.7 Å². The van der Waals surface area contributed by atoms with Crippen LogP contribution in [0.1, 0.15) is 45.6 Å². The highest BCUT2D eigenvalue weighted by molar-refractivity contribution is 6.07. The standard InChI is InChI=1S/C24H25F3N4O3/c1-13-7-14(2)9-16(8-13)29-23(32)17-12-28-31-21(24(25,26)27)11-18(30-22(17)31)15-5-6-19(33-3)20(10-15)34-4/h5-10,12,18,21,30H,11H2,1-4H3,(H,29,32). The molecular formula is C24H25F3N4O3. The van der Waals surface area contributed by atoms with E-state index in [4.69, 9.17) is 9.47 Å². The van der Waals surface area contributed by atoms with Gasteiger partial charge in [0.1, 0.15) is 11.4 Å². The van der Waals surface area contributed by atoms with Crippen molar-refractivity contribution in [3.63, 3.8) is 0 Å². The average molecular weight is 474 g/mol. The number of carbonyl (C=O) groups excluding carboxylic acids is 1. The molecule has 2 atom stereocenters. The van der Waals surface area contributed by atoms with Crippen LogP contribution in [0, 0.1) is 13.8 Å². The fraction of sp³-hybridized carbons (Fsp3) is 0.333. The molecule has 0 spiro atoms. The molecule has 7 nitrogen and oxygen atoms in total. The number of anilines is 2. The van der Waals surface area contributed by atoms with Gasteiger partial charge in [0.15, 0.2) is 17.5 Å². The number of hydrogen-bond donors (Lipinski definition) is 2. The number of nitrogens with one attached hydrogen (secondary N) is 2. The van der Waals surface area contributed by atoms with Gasteiger partial charge in [-0.2, -0.15) is 18.3 Å². The first-order valence-corrected chi connectivity index (χ1v) is 10.6. The lowest BCUT2D eigenvalue weighted by atomic mass is 9.96. The summed E-state index contributed by atoms with van der Waals surface area (Å²) in [7, 11) is 2.94. The second-order valence-corrected chi connectivity index (χ2v) is 8.29. The lowest BCUT2D eigenvalue weighted by molar-refractivity contribution is -0.173. The van der Waals surface area contributed by atoms with Crippen LogP contribution < -0.4 is 20.1 Å². The van der Waals surface area contributed by atoms with Crippen molar-refractivity contribution in [2.75, 3.05) is 24.9 Å². The van der Waals surface area contributed by atoms with Crippen molar-refractivity contribution in [1.82, 2.24) is 9.78 Å². The maximum atomic E-state index is 14.0. The third-order valence-electron chi connectivity index (χ3n) is 5.77. The fourth-order valence-electron chi connectivity index (χ4n) is 4.26. The second kappa shape index (κ2) is 8.92. The highest BCUT2D eigenvalue weighted by atomic mass is 19.4. The summed E-state index contributed by atoms with van der Waals surface area (Å²) in [4.78, 5) is 13.0. The molecule has 34 heavy (non-hydrogen) atoms. The minimum Gasteiger partial charge on any atom is -0.493 e. The number of aromatic nitrogens is 2. The lowest BCUT2D eigenvalue weighted by Crippen LogP contribution is -2.36. The molecule has 2 unspecified atom stereocenters. The van der Waals surface area contributed by atoms with Gasteiger partial charge in [-0.15, -0.1) is 0 Å². The predicted molar refractivity (Wildman–Crippen MR) is 122 cm³/mol. The first-order chi connectivity index (χ1) is 16.1. The number of fused-ring (bicyclic) bond motifs is 1. The van der Waals surface area contributed by atoms with Crippen LogP contribution in [0.3, 0.4) is 0 Å². The van der Waals surface area contributed by atoms with E-state index in [1.54, 1.807) is 30.3 Å². The molecule has 2 aromatic carbocycles. The van der Waals surface area contributed by atoms with E-state index in [-0.39, 0.29) is 17.8 Å². The molecule has 0 fully saturated rings. The zero-order valence-electron chi connectivity index (χ0n) is 19.2. The largest absolute Gasteiger partial charge is 0.493 e. The van der Waals surface area contributed by atoms with Gasteiger partial charge in [0.2, 0.25) is 0 Å². The van der Waals surface area contributed by atoms with Gasteiger partial charge >= 0.3 is 6.18 Å². The van der Waals surface area contributed by atoms with Crippen LogP contribution in [0.25, 0.3) is 0 Å². The van der Waals surface area contributed by atoms with Gasteiger partial charge in [-0.05, 0) is 54.8 Å². The van der Waals surface area contributed by atoms with Crippen molar-refractivity contribution >= 4 is 17.4 Å². The van der Waals surface area contributed by atoms with Crippen LogP contribution in [-0.4, -0.2) is 36.1 Å². The molecule has 0 aliphatic carbocycles. The van der Waals surface area contributed by atoms with Gasteiger partial charge in [0.05, 0.1) is 26.5 Å².